The van der Waals surface area contributed by atoms with E-state index >= 15 is 0 Å². The lowest BCUT2D eigenvalue weighted by molar-refractivity contribution is 0.642. The quantitative estimate of drug-likeness (QED) is 0.471. The standard InChI is InChI=1S/C19H21N3S/c1-4-12-22-18(14(2)3)20-21-19(22)23-13-16-10-7-9-15-8-5-6-11-17(15)16/h4-11,14H,1,12-13H2,2-3H3. The van der Waals surface area contributed by atoms with Crippen LogP contribution < -0.4 is 0 Å². The lowest BCUT2D eigenvalue weighted by Gasteiger charge is -2.10. The Morgan fingerprint density at radius 2 is 1.91 bits per heavy atom. The van der Waals surface area contributed by atoms with Gasteiger partial charge in [0.2, 0.25) is 0 Å². The number of allylic oxidation sites excluding steroid dienone is 1. The largest absolute Gasteiger partial charge is 0.302 e. The maximum Gasteiger partial charge on any atom is 0.191 e. The highest BCUT2D eigenvalue weighted by Gasteiger charge is 2.14. The zero-order chi connectivity index (χ0) is 16.2. The molecule has 0 unspecified atom stereocenters. The van der Waals surface area contributed by atoms with Gasteiger partial charge in [0, 0.05) is 18.2 Å². The van der Waals surface area contributed by atoms with Crippen molar-refractivity contribution >= 4 is 22.5 Å². The molecule has 4 heteroatoms. The van der Waals surface area contributed by atoms with Crippen molar-refractivity contribution in [2.24, 2.45) is 0 Å². The molecule has 0 N–H and O–H groups in total. The molecule has 0 fully saturated rings. The first-order valence-electron chi connectivity index (χ1n) is 7.84. The van der Waals surface area contributed by atoms with Gasteiger partial charge in [-0.2, -0.15) is 0 Å². The molecule has 0 amide bonds. The van der Waals surface area contributed by atoms with E-state index in [4.69, 9.17) is 0 Å². The summed E-state index contributed by atoms with van der Waals surface area (Å²) in [4.78, 5) is 0. The summed E-state index contributed by atoms with van der Waals surface area (Å²) >= 11 is 1.73. The van der Waals surface area contributed by atoms with Crippen LogP contribution >= 0.6 is 11.8 Å². The van der Waals surface area contributed by atoms with E-state index in [0.717, 1.165) is 23.3 Å². The summed E-state index contributed by atoms with van der Waals surface area (Å²) < 4.78 is 2.16. The Balaban J connectivity index is 1.86. The molecule has 118 valence electrons. The molecule has 3 rings (SSSR count). The molecule has 0 aliphatic carbocycles. The number of hydrogen-bond donors (Lipinski definition) is 0. The molecule has 23 heavy (non-hydrogen) atoms. The number of thioether (sulfide) groups is 1. The zero-order valence-electron chi connectivity index (χ0n) is 13.6. The molecule has 0 spiro atoms. The Morgan fingerprint density at radius 1 is 1.13 bits per heavy atom. The van der Waals surface area contributed by atoms with Crippen molar-refractivity contribution in [1.82, 2.24) is 14.8 Å². The summed E-state index contributed by atoms with van der Waals surface area (Å²) in [5.74, 6) is 2.26. The number of rotatable bonds is 6. The first kappa shape index (κ1) is 15.8. The van der Waals surface area contributed by atoms with E-state index in [0.29, 0.717) is 5.92 Å². The molecular weight excluding hydrogens is 302 g/mol. The third-order valence-electron chi connectivity index (χ3n) is 3.81. The van der Waals surface area contributed by atoms with Crippen molar-refractivity contribution in [1.29, 1.82) is 0 Å². The summed E-state index contributed by atoms with van der Waals surface area (Å²) in [5.41, 5.74) is 1.33. The van der Waals surface area contributed by atoms with Crippen LogP contribution in [0.5, 0.6) is 0 Å². The second-order valence-corrected chi connectivity index (χ2v) is 6.76. The number of fused-ring (bicyclic) bond motifs is 1. The van der Waals surface area contributed by atoms with E-state index in [2.05, 4.69) is 77.7 Å². The predicted octanol–water partition coefficient (Wildman–Crippen LogP) is 5.03. The van der Waals surface area contributed by atoms with Crippen molar-refractivity contribution in [2.75, 3.05) is 0 Å². The van der Waals surface area contributed by atoms with Gasteiger partial charge in [-0.25, -0.2) is 0 Å². The molecule has 1 aromatic heterocycles. The van der Waals surface area contributed by atoms with Crippen molar-refractivity contribution in [3.8, 4) is 0 Å². The third kappa shape index (κ3) is 3.32. The van der Waals surface area contributed by atoms with Crippen LogP contribution in [0.25, 0.3) is 10.8 Å². The fraction of sp³-hybridized carbons (Fsp3) is 0.263. The summed E-state index contributed by atoms with van der Waals surface area (Å²) in [7, 11) is 0. The fourth-order valence-corrected chi connectivity index (χ4v) is 3.65. The number of aromatic nitrogens is 3. The molecule has 3 nitrogen and oxygen atoms in total. The van der Waals surface area contributed by atoms with Crippen molar-refractivity contribution in [2.45, 2.75) is 37.2 Å². The van der Waals surface area contributed by atoms with E-state index in [-0.39, 0.29) is 0 Å². The molecule has 3 aromatic rings. The number of benzene rings is 2. The smallest absolute Gasteiger partial charge is 0.191 e. The molecule has 0 saturated heterocycles. The Labute approximate surface area is 141 Å². The molecule has 0 aliphatic heterocycles. The van der Waals surface area contributed by atoms with Gasteiger partial charge in [0.05, 0.1) is 0 Å². The molecule has 0 radical (unpaired) electrons. The first-order chi connectivity index (χ1) is 11.2. The van der Waals surface area contributed by atoms with Crippen molar-refractivity contribution < 1.29 is 0 Å². The highest BCUT2D eigenvalue weighted by atomic mass is 32.2. The highest BCUT2D eigenvalue weighted by molar-refractivity contribution is 7.98. The van der Waals surface area contributed by atoms with Gasteiger partial charge >= 0.3 is 0 Å². The van der Waals surface area contributed by atoms with Gasteiger partial charge < -0.3 is 4.57 Å². The van der Waals surface area contributed by atoms with Gasteiger partial charge in [0.1, 0.15) is 5.82 Å². The average Bonchev–Trinajstić information content (AvgIpc) is 2.96. The minimum absolute atomic E-state index is 0.356. The lowest BCUT2D eigenvalue weighted by atomic mass is 10.1. The van der Waals surface area contributed by atoms with Gasteiger partial charge in [0.15, 0.2) is 5.16 Å². The Bertz CT molecular complexity index is 815. The number of hydrogen-bond acceptors (Lipinski definition) is 3. The summed E-state index contributed by atoms with van der Waals surface area (Å²) in [5, 5.41) is 12.3. The SMILES string of the molecule is C=CCn1c(SCc2cccc3ccccc23)nnc1C(C)C. The Kier molecular flexibility index (Phi) is 4.82. The van der Waals surface area contributed by atoms with Gasteiger partial charge in [-0.15, -0.1) is 16.8 Å². The number of nitrogens with zero attached hydrogens (tertiary/aromatic N) is 3. The minimum atomic E-state index is 0.356. The van der Waals surface area contributed by atoms with Crippen LogP contribution in [0.2, 0.25) is 0 Å². The van der Waals surface area contributed by atoms with E-state index < -0.39 is 0 Å². The van der Waals surface area contributed by atoms with E-state index in [1.807, 2.05) is 6.08 Å². The van der Waals surface area contributed by atoms with Crippen LogP contribution in [0, 0.1) is 0 Å². The van der Waals surface area contributed by atoms with Crippen LogP contribution in [0.1, 0.15) is 31.2 Å². The molecule has 0 aliphatic rings. The van der Waals surface area contributed by atoms with Gasteiger partial charge in [-0.3, -0.25) is 0 Å². The van der Waals surface area contributed by atoms with E-state index in [1.54, 1.807) is 11.8 Å². The second-order valence-electron chi connectivity index (χ2n) is 5.82. The molecule has 0 saturated carbocycles. The topological polar surface area (TPSA) is 30.7 Å². The van der Waals surface area contributed by atoms with Crippen LogP contribution in [0.3, 0.4) is 0 Å². The summed E-state index contributed by atoms with van der Waals surface area (Å²) in [6, 6.07) is 15.0. The monoisotopic (exact) mass is 323 g/mol. The van der Waals surface area contributed by atoms with Gasteiger partial charge in [-0.05, 0) is 16.3 Å². The zero-order valence-corrected chi connectivity index (χ0v) is 14.4. The molecule has 2 aromatic carbocycles. The third-order valence-corrected chi connectivity index (χ3v) is 4.83. The summed E-state index contributed by atoms with van der Waals surface area (Å²) in [6.07, 6.45) is 1.90. The minimum Gasteiger partial charge on any atom is -0.302 e. The maximum atomic E-state index is 4.38. The lowest BCUT2D eigenvalue weighted by Crippen LogP contribution is -2.05. The molecule has 0 bridgehead atoms. The van der Waals surface area contributed by atoms with E-state index in [1.165, 1.54) is 16.3 Å². The fourth-order valence-electron chi connectivity index (χ4n) is 2.70. The normalized spacial score (nSPS) is 11.3. The first-order valence-corrected chi connectivity index (χ1v) is 8.82. The summed E-state index contributed by atoms with van der Waals surface area (Å²) in [6.45, 7) is 8.88. The Morgan fingerprint density at radius 3 is 2.70 bits per heavy atom. The average molecular weight is 323 g/mol. The van der Waals surface area contributed by atoms with Gasteiger partial charge in [0.25, 0.3) is 0 Å². The molecule has 0 atom stereocenters. The van der Waals surface area contributed by atoms with Crippen molar-refractivity contribution in [3.05, 3.63) is 66.5 Å². The molecule has 1 heterocycles. The van der Waals surface area contributed by atoms with E-state index in [9.17, 15) is 0 Å². The highest BCUT2D eigenvalue weighted by Crippen LogP contribution is 2.28. The van der Waals surface area contributed by atoms with Crippen LogP contribution in [0.4, 0.5) is 0 Å². The van der Waals surface area contributed by atoms with Crippen molar-refractivity contribution in [3.63, 3.8) is 0 Å². The predicted molar refractivity (Wildman–Crippen MR) is 97.8 cm³/mol. The maximum absolute atomic E-state index is 4.38. The molecular formula is C19H21N3S. The second kappa shape index (κ2) is 7.01. The van der Waals surface area contributed by atoms with Gasteiger partial charge in [-0.1, -0.05) is 74.1 Å². The van der Waals surface area contributed by atoms with Crippen LogP contribution in [-0.2, 0) is 12.3 Å². The Hall–Kier alpha value is -2.07. The van der Waals surface area contributed by atoms with Crippen LogP contribution in [0.15, 0.2) is 60.3 Å². The van der Waals surface area contributed by atoms with Crippen LogP contribution in [-0.4, -0.2) is 14.8 Å².